The Labute approximate surface area is 136 Å². The zero-order valence-corrected chi connectivity index (χ0v) is 13.6. The number of carboxylic acid groups (broad SMARTS) is 1. The van der Waals surface area contributed by atoms with Crippen LogP contribution in [-0.2, 0) is 16.1 Å². The molecule has 2 rings (SSSR count). The van der Waals surface area contributed by atoms with Crippen molar-refractivity contribution in [2.75, 3.05) is 20.2 Å². The third-order valence-electron chi connectivity index (χ3n) is 4.21. The smallest absolute Gasteiger partial charge is 0.322 e. The summed E-state index contributed by atoms with van der Waals surface area (Å²) < 4.78 is 5.16. The van der Waals surface area contributed by atoms with Crippen molar-refractivity contribution in [2.24, 2.45) is 5.92 Å². The summed E-state index contributed by atoms with van der Waals surface area (Å²) in [5.41, 5.74) is 1.10. The van der Waals surface area contributed by atoms with E-state index in [9.17, 15) is 9.59 Å². The summed E-state index contributed by atoms with van der Waals surface area (Å²) in [6, 6.07) is 8.08. The molecule has 1 unspecified atom stereocenters. The molecule has 0 heterocycles. The van der Waals surface area contributed by atoms with E-state index in [0.717, 1.165) is 11.3 Å². The van der Waals surface area contributed by atoms with Gasteiger partial charge in [0.15, 0.2) is 0 Å². The molecule has 6 nitrogen and oxygen atoms in total. The lowest BCUT2D eigenvalue weighted by atomic mass is 10.1. The summed E-state index contributed by atoms with van der Waals surface area (Å²) in [6.45, 7) is 2.65. The standard InChI is InChI=1S/C17H24N2O4/c1-12(14-5-6-14)19(11-16(20)18-9-17(21)22)10-13-3-7-15(23-2)8-4-13/h3-4,7-8,12,14H,5-6,9-11H2,1-2H3,(H,18,20)(H,21,22). The normalized spacial score (nSPS) is 15.3. The van der Waals surface area contributed by atoms with E-state index in [1.54, 1.807) is 7.11 Å². The van der Waals surface area contributed by atoms with Gasteiger partial charge in [-0.25, -0.2) is 0 Å². The van der Waals surface area contributed by atoms with Crippen LogP contribution in [-0.4, -0.2) is 48.1 Å². The fraction of sp³-hybridized carbons (Fsp3) is 0.529. The summed E-state index contributed by atoms with van der Waals surface area (Å²) >= 11 is 0. The van der Waals surface area contributed by atoms with Gasteiger partial charge in [0.2, 0.25) is 5.91 Å². The number of carbonyl (C=O) groups excluding carboxylic acids is 1. The summed E-state index contributed by atoms with van der Waals surface area (Å²) in [5, 5.41) is 11.1. The summed E-state index contributed by atoms with van der Waals surface area (Å²) in [6.07, 6.45) is 2.38. The van der Waals surface area contributed by atoms with Crippen molar-refractivity contribution >= 4 is 11.9 Å². The molecule has 1 aliphatic carbocycles. The van der Waals surface area contributed by atoms with Crippen LogP contribution in [0.2, 0.25) is 0 Å². The number of amides is 1. The number of aliphatic carboxylic acids is 1. The molecule has 0 saturated heterocycles. The van der Waals surface area contributed by atoms with E-state index >= 15 is 0 Å². The van der Waals surface area contributed by atoms with Crippen molar-refractivity contribution in [3.05, 3.63) is 29.8 Å². The minimum absolute atomic E-state index is 0.205. The van der Waals surface area contributed by atoms with E-state index in [1.165, 1.54) is 12.8 Å². The zero-order valence-electron chi connectivity index (χ0n) is 13.6. The minimum atomic E-state index is -1.03. The zero-order chi connectivity index (χ0) is 16.8. The second kappa shape index (κ2) is 7.97. The summed E-state index contributed by atoms with van der Waals surface area (Å²) in [7, 11) is 1.63. The number of nitrogens with zero attached hydrogens (tertiary/aromatic N) is 1. The summed E-state index contributed by atoms with van der Waals surface area (Å²) in [5.74, 6) is 0.138. The SMILES string of the molecule is COc1ccc(CN(CC(=O)NCC(=O)O)C(C)C2CC2)cc1. The van der Waals surface area contributed by atoms with Gasteiger partial charge in [-0.1, -0.05) is 12.1 Å². The molecule has 0 aliphatic heterocycles. The van der Waals surface area contributed by atoms with Crippen LogP contribution in [0.4, 0.5) is 0 Å². The van der Waals surface area contributed by atoms with Crippen LogP contribution < -0.4 is 10.1 Å². The molecule has 23 heavy (non-hydrogen) atoms. The number of benzene rings is 1. The summed E-state index contributed by atoms with van der Waals surface area (Å²) in [4.78, 5) is 24.6. The van der Waals surface area contributed by atoms with Crippen molar-refractivity contribution in [3.63, 3.8) is 0 Å². The van der Waals surface area contributed by atoms with E-state index < -0.39 is 5.97 Å². The molecule has 0 aromatic heterocycles. The Morgan fingerprint density at radius 1 is 1.35 bits per heavy atom. The quantitative estimate of drug-likeness (QED) is 0.721. The highest BCUT2D eigenvalue weighted by Gasteiger charge is 2.32. The van der Waals surface area contributed by atoms with Gasteiger partial charge in [0.1, 0.15) is 12.3 Å². The molecule has 1 aromatic carbocycles. The van der Waals surface area contributed by atoms with E-state index in [-0.39, 0.29) is 19.0 Å². The third kappa shape index (κ3) is 5.56. The lowest BCUT2D eigenvalue weighted by Crippen LogP contribution is -2.43. The highest BCUT2D eigenvalue weighted by molar-refractivity contribution is 5.82. The van der Waals surface area contributed by atoms with Crippen LogP contribution in [0.3, 0.4) is 0 Å². The minimum Gasteiger partial charge on any atom is -0.497 e. The lowest BCUT2D eigenvalue weighted by Gasteiger charge is -2.28. The van der Waals surface area contributed by atoms with Crippen molar-refractivity contribution in [1.82, 2.24) is 10.2 Å². The Bertz CT molecular complexity index is 540. The maximum Gasteiger partial charge on any atom is 0.322 e. The fourth-order valence-electron chi connectivity index (χ4n) is 2.60. The van der Waals surface area contributed by atoms with Crippen LogP contribution >= 0.6 is 0 Å². The van der Waals surface area contributed by atoms with Crippen LogP contribution in [0.5, 0.6) is 5.75 Å². The third-order valence-corrected chi connectivity index (χ3v) is 4.21. The Hall–Kier alpha value is -2.08. The number of hydrogen-bond acceptors (Lipinski definition) is 4. The number of hydrogen-bond donors (Lipinski definition) is 2. The largest absolute Gasteiger partial charge is 0.497 e. The molecule has 1 saturated carbocycles. The number of ether oxygens (including phenoxy) is 1. The molecular formula is C17H24N2O4. The molecule has 0 spiro atoms. The molecule has 1 fully saturated rings. The molecular weight excluding hydrogens is 296 g/mol. The van der Waals surface area contributed by atoms with E-state index in [1.807, 2.05) is 24.3 Å². The van der Waals surface area contributed by atoms with Gasteiger partial charge in [-0.05, 0) is 43.4 Å². The van der Waals surface area contributed by atoms with Gasteiger partial charge < -0.3 is 15.2 Å². The second-order valence-corrected chi connectivity index (χ2v) is 6.00. The van der Waals surface area contributed by atoms with Gasteiger partial charge in [-0.2, -0.15) is 0 Å². The van der Waals surface area contributed by atoms with Crippen molar-refractivity contribution < 1.29 is 19.4 Å². The molecule has 1 aliphatic rings. The number of rotatable bonds is 9. The van der Waals surface area contributed by atoms with Gasteiger partial charge in [0.05, 0.1) is 13.7 Å². The average molecular weight is 320 g/mol. The fourth-order valence-corrected chi connectivity index (χ4v) is 2.60. The van der Waals surface area contributed by atoms with Crippen LogP contribution in [0, 0.1) is 5.92 Å². The van der Waals surface area contributed by atoms with Crippen molar-refractivity contribution in [1.29, 1.82) is 0 Å². The first-order chi connectivity index (χ1) is 11.0. The van der Waals surface area contributed by atoms with Crippen molar-refractivity contribution in [2.45, 2.75) is 32.4 Å². The monoisotopic (exact) mass is 320 g/mol. The number of carboxylic acids is 1. The molecule has 2 N–H and O–H groups in total. The van der Waals surface area contributed by atoms with Gasteiger partial charge in [-0.15, -0.1) is 0 Å². The van der Waals surface area contributed by atoms with E-state index in [2.05, 4.69) is 17.1 Å². The maximum atomic E-state index is 12.0. The first-order valence-electron chi connectivity index (χ1n) is 7.85. The van der Waals surface area contributed by atoms with Crippen LogP contribution in [0.1, 0.15) is 25.3 Å². The topological polar surface area (TPSA) is 78.9 Å². The van der Waals surface area contributed by atoms with Gasteiger partial charge in [0.25, 0.3) is 0 Å². The Balaban J connectivity index is 1.98. The van der Waals surface area contributed by atoms with E-state index in [0.29, 0.717) is 18.5 Å². The maximum absolute atomic E-state index is 12.0. The molecule has 1 amide bonds. The Morgan fingerprint density at radius 3 is 2.52 bits per heavy atom. The average Bonchev–Trinajstić information content (AvgIpc) is 3.37. The molecule has 1 atom stereocenters. The Morgan fingerprint density at radius 2 is 2.00 bits per heavy atom. The first kappa shape index (κ1) is 17.3. The number of methoxy groups -OCH3 is 1. The van der Waals surface area contributed by atoms with E-state index in [4.69, 9.17) is 9.84 Å². The molecule has 0 bridgehead atoms. The second-order valence-electron chi connectivity index (χ2n) is 6.00. The van der Waals surface area contributed by atoms with Crippen LogP contribution in [0.15, 0.2) is 24.3 Å². The highest BCUT2D eigenvalue weighted by Crippen LogP contribution is 2.35. The van der Waals surface area contributed by atoms with Crippen molar-refractivity contribution in [3.8, 4) is 5.75 Å². The molecule has 126 valence electrons. The van der Waals surface area contributed by atoms with Crippen LogP contribution in [0.25, 0.3) is 0 Å². The first-order valence-corrected chi connectivity index (χ1v) is 7.85. The Kier molecular flexibility index (Phi) is 5.98. The van der Waals surface area contributed by atoms with Gasteiger partial charge in [-0.3, -0.25) is 14.5 Å². The molecule has 6 heteroatoms. The predicted octanol–water partition coefficient (Wildman–Crippen LogP) is 1.50. The molecule has 1 aromatic rings. The highest BCUT2D eigenvalue weighted by atomic mass is 16.5. The number of nitrogens with one attached hydrogen (secondary N) is 1. The number of carbonyl (C=O) groups is 2. The predicted molar refractivity (Wildman–Crippen MR) is 86.2 cm³/mol. The molecule has 0 radical (unpaired) electrons. The van der Waals surface area contributed by atoms with Gasteiger partial charge in [0, 0.05) is 12.6 Å². The lowest BCUT2D eigenvalue weighted by molar-refractivity contribution is -0.138. The van der Waals surface area contributed by atoms with Gasteiger partial charge >= 0.3 is 5.97 Å².